The van der Waals surface area contributed by atoms with Gasteiger partial charge in [0.05, 0.1) is 16.9 Å². The van der Waals surface area contributed by atoms with E-state index >= 15 is 0 Å². The van der Waals surface area contributed by atoms with Gasteiger partial charge < -0.3 is 10.1 Å². The molecular formula is C30H24FN5O3. The second-order valence-corrected chi connectivity index (χ2v) is 9.00. The maximum atomic E-state index is 13.4. The molecule has 0 radical (unpaired) electrons. The van der Waals surface area contributed by atoms with Crippen molar-refractivity contribution in [1.82, 2.24) is 19.5 Å². The predicted molar refractivity (Wildman–Crippen MR) is 148 cm³/mol. The minimum absolute atomic E-state index is 0.103. The Morgan fingerprint density at radius 1 is 1.03 bits per heavy atom. The molecule has 1 amide bonds. The fraction of sp³-hybridized carbons (Fsp3) is 0.100. The SMILES string of the molecule is C=C(C)c1cnc2c(Oc3ccc(NC(=O)c4c(C)nc(C)n(-c5ccc(F)cc5)c4=O)cc3)ccnc2c1. The predicted octanol–water partition coefficient (Wildman–Crippen LogP) is 6.01. The number of anilines is 1. The van der Waals surface area contributed by atoms with Gasteiger partial charge in [-0.2, -0.15) is 0 Å². The van der Waals surface area contributed by atoms with E-state index in [1.54, 1.807) is 56.6 Å². The minimum Gasteiger partial charge on any atom is -0.455 e. The largest absolute Gasteiger partial charge is 0.455 e. The first-order valence-corrected chi connectivity index (χ1v) is 12.1. The quantitative estimate of drug-likeness (QED) is 0.294. The standard InChI is InChI=1S/C30H24FN5O3/c1-17(2)20-15-25-28(33-16-20)26(13-14-32-25)39-24-11-7-22(8-12-24)35-29(37)27-18(3)34-19(4)36(30(27)38)23-9-5-21(31)6-10-23/h5-16H,1H2,2-4H3,(H,35,37). The molecule has 5 aromatic rings. The molecule has 2 aromatic carbocycles. The molecule has 0 saturated heterocycles. The summed E-state index contributed by atoms with van der Waals surface area (Å²) < 4.78 is 20.7. The first-order valence-electron chi connectivity index (χ1n) is 12.1. The van der Waals surface area contributed by atoms with E-state index in [1.165, 1.54) is 28.8 Å². The van der Waals surface area contributed by atoms with Crippen molar-refractivity contribution < 1.29 is 13.9 Å². The first kappa shape index (κ1) is 25.5. The third-order valence-electron chi connectivity index (χ3n) is 6.12. The number of carbonyl (C=O) groups is 1. The van der Waals surface area contributed by atoms with Crippen LogP contribution in [0.15, 0.2) is 84.4 Å². The van der Waals surface area contributed by atoms with E-state index < -0.39 is 17.3 Å². The molecule has 0 saturated carbocycles. The number of benzene rings is 2. The third kappa shape index (κ3) is 5.15. The zero-order valence-corrected chi connectivity index (χ0v) is 21.5. The summed E-state index contributed by atoms with van der Waals surface area (Å²) in [6, 6.07) is 15.8. The van der Waals surface area contributed by atoms with Gasteiger partial charge in [0.1, 0.15) is 28.5 Å². The molecule has 0 unspecified atom stereocenters. The van der Waals surface area contributed by atoms with Gasteiger partial charge in [-0.05, 0) is 86.5 Å². The van der Waals surface area contributed by atoms with Gasteiger partial charge in [0.15, 0.2) is 5.75 Å². The number of ether oxygens (including phenoxy) is 1. The lowest BCUT2D eigenvalue weighted by atomic mass is 10.1. The number of allylic oxidation sites excluding steroid dienone is 1. The average Bonchev–Trinajstić information content (AvgIpc) is 2.90. The number of aryl methyl sites for hydroxylation is 2. The highest BCUT2D eigenvalue weighted by Crippen LogP contribution is 2.29. The minimum atomic E-state index is -0.604. The summed E-state index contributed by atoms with van der Waals surface area (Å²) in [7, 11) is 0. The van der Waals surface area contributed by atoms with Gasteiger partial charge in [-0.3, -0.25) is 24.1 Å². The average molecular weight is 522 g/mol. The molecule has 3 aromatic heterocycles. The fourth-order valence-electron chi connectivity index (χ4n) is 4.17. The molecule has 0 aliphatic rings. The third-order valence-corrected chi connectivity index (χ3v) is 6.12. The lowest BCUT2D eigenvalue weighted by Crippen LogP contribution is -2.32. The van der Waals surface area contributed by atoms with Gasteiger partial charge in [0.2, 0.25) is 0 Å². The van der Waals surface area contributed by atoms with Gasteiger partial charge >= 0.3 is 0 Å². The smallest absolute Gasteiger partial charge is 0.271 e. The van der Waals surface area contributed by atoms with Crippen LogP contribution in [0, 0.1) is 19.7 Å². The normalized spacial score (nSPS) is 10.9. The molecule has 3 heterocycles. The van der Waals surface area contributed by atoms with Crippen LogP contribution in [-0.4, -0.2) is 25.4 Å². The van der Waals surface area contributed by atoms with Crippen LogP contribution in [0.25, 0.3) is 22.3 Å². The number of hydrogen-bond acceptors (Lipinski definition) is 6. The second-order valence-electron chi connectivity index (χ2n) is 9.00. The molecule has 39 heavy (non-hydrogen) atoms. The Balaban J connectivity index is 1.37. The summed E-state index contributed by atoms with van der Waals surface area (Å²) >= 11 is 0. The molecule has 0 aliphatic carbocycles. The lowest BCUT2D eigenvalue weighted by molar-refractivity contribution is 0.102. The zero-order valence-electron chi connectivity index (χ0n) is 21.5. The zero-order chi connectivity index (χ0) is 27.7. The van der Waals surface area contributed by atoms with Gasteiger partial charge in [-0.1, -0.05) is 6.58 Å². The van der Waals surface area contributed by atoms with Crippen LogP contribution >= 0.6 is 0 Å². The Kier molecular flexibility index (Phi) is 6.72. The molecule has 1 N–H and O–H groups in total. The Bertz CT molecular complexity index is 1800. The van der Waals surface area contributed by atoms with Crippen LogP contribution in [0.5, 0.6) is 11.5 Å². The first-order chi connectivity index (χ1) is 18.7. The van der Waals surface area contributed by atoms with Crippen molar-refractivity contribution >= 4 is 28.2 Å². The van der Waals surface area contributed by atoms with Crippen molar-refractivity contribution in [2.75, 3.05) is 5.32 Å². The number of fused-ring (bicyclic) bond motifs is 1. The molecule has 0 bridgehead atoms. The Hall–Kier alpha value is -5.18. The number of nitrogens with one attached hydrogen (secondary N) is 1. The van der Waals surface area contributed by atoms with Crippen molar-refractivity contribution in [3.8, 4) is 17.2 Å². The van der Waals surface area contributed by atoms with Crippen LogP contribution in [-0.2, 0) is 0 Å². The number of amides is 1. The molecule has 0 fully saturated rings. The summed E-state index contributed by atoms with van der Waals surface area (Å²) in [4.78, 5) is 39.6. The topological polar surface area (TPSA) is 99.0 Å². The van der Waals surface area contributed by atoms with Crippen LogP contribution < -0.4 is 15.6 Å². The second kappa shape index (κ2) is 10.3. The van der Waals surface area contributed by atoms with E-state index in [1.807, 2.05) is 13.0 Å². The number of rotatable bonds is 6. The molecule has 194 valence electrons. The van der Waals surface area contributed by atoms with E-state index in [-0.39, 0.29) is 5.56 Å². The van der Waals surface area contributed by atoms with Gasteiger partial charge in [-0.15, -0.1) is 0 Å². The number of hydrogen-bond donors (Lipinski definition) is 1. The Morgan fingerprint density at radius 2 is 1.74 bits per heavy atom. The number of carbonyl (C=O) groups excluding carboxylic acids is 1. The van der Waals surface area contributed by atoms with Crippen molar-refractivity contribution in [1.29, 1.82) is 0 Å². The van der Waals surface area contributed by atoms with Crippen LogP contribution in [0.2, 0.25) is 0 Å². The Morgan fingerprint density at radius 3 is 2.44 bits per heavy atom. The van der Waals surface area contributed by atoms with Gasteiger partial charge in [0, 0.05) is 24.1 Å². The Labute approximate surface area is 223 Å². The monoisotopic (exact) mass is 521 g/mol. The highest BCUT2D eigenvalue weighted by molar-refractivity contribution is 6.04. The maximum absolute atomic E-state index is 13.4. The van der Waals surface area contributed by atoms with Crippen LogP contribution in [0.3, 0.4) is 0 Å². The highest BCUT2D eigenvalue weighted by Gasteiger charge is 2.20. The maximum Gasteiger partial charge on any atom is 0.271 e. The highest BCUT2D eigenvalue weighted by atomic mass is 19.1. The number of halogens is 1. The number of nitrogens with zero attached hydrogens (tertiary/aromatic N) is 4. The van der Waals surface area contributed by atoms with Gasteiger partial charge in [0.25, 0.3) is 11.5 Å². The molecule has 5 rings (SSSR count). The molecule has 0 atom stereocenters. The molecule has 8 nitrogen and oxygen atoms in total. The molecular weight excluding hydrogens is 497 g/mol. The van der Waals surface area contributed by atoms with E-state index in [4.69, 9.17) is 4.74 Å². The van der Waals surface area contributed by atoms with Crippen molar-refractivity contribution in [3.63, 3.8) is 0 Å². The summed E-state index contributed by atoms with van der Waals surface area (Å²) in [5, 5.41) is 2.75. The van der Waals surface area contributed by atoms with Crippen LogP contribution in [0.1, 0.15) is 34.4 Å². The molecule has 0 spiro atoms. The fourth-order valence-corrected chi connectivity index (χ4v) is 4.17. The van der Waals surface area contributed by atoms with E-state index in [2.05, 4.69) is 26.8 Å². The van der Waals surface area contributed by atoms with Gasteiger partial charge in [-0.25, -0.2) is 9.37 Å². The summed E-state index contributed by atoms with van der Waals surface area (Å²) in [5.74, 6) is 0.411. The van der Waals surface area contributed by atoms with E-state index in [9.17, 15) is 14.0 Å². The summed E-state index contributed by atoms with van der Waals surface area (Å²) in [6.45, 7) is 9.10. The summed E-state index contributed by atoms with van der Waals surface area (Å²) in [6.07, 6.45) is 3.37. The summed E-state index contributed by atoms with van der Waals surface area (Å²) in [5.41, 5.74) is 3.60. The van der Waals surface area contributed by atoms with Crippen molar-refractivity contribution in [2.24, 2.45) is 0 Å². The number of aromatic nitrogens is 4. The number of pyridine rings is 2. The lowest BCUT2D eigenvalue weighted by Gasteiger charge is -2.14. The van der Waals surface area contributed by atoms with Crippen molar-refractivity contribution in [3.05, 3.63) is 118 Å². The van der Waals surface area contributed by atoms with E-state index in [0.29, 0.717) is 45.4 Å². The van der Waals surface area contributed by atoms with Crippen molar-refractivity contribution in [2.45, 2.75) is 20.8 Å². The molecule has 9 heteroatoms. The van der Waals surface area contributed by atoms with Crippen LogP contribution in [0.4, 0.5) is 10.1 Å². The van der Waals surface area contributed by atoms with E-state index in [0.717, 1.165) is 11.1 Å². The molecule has 0 aliphatic heterocycles.